The van der Waals surface area contributed by atoms with Gasteiger partial charge >= 0.3 is 23.9 Å². The summed E-state index contributed by atoms with van der Waals surface area (Å²) in [6.45, 7) is 5.00. The molecule has 2 aromatic rings. The number of hydrogen-bond acceptors (Lipinski definition) is 7. The van der Waals surface area contributed by atoms with Gasteiger partial charge in [0, 0.05) is 0 Å². The smallest absolute Gasteiger partial charge is 0.343 e. The Balaban J connectivity index is 1.85. The van der Waals surface area contributed by atoms with E-state index in [0.29, 0.717) is 11.1 Å². The predicted molar refractivity (Wildman–Crippen MR) is 212 cm³/mol. The lowest BCUT2D eigenvalue weighted by Crippen LogP contribution is -2.27. The average molecular weight is 735 g/mol. The average Bonchev–Trinajstić information content (AvgIpc) is 3.16. The highest BCUT2D eigenvalue weighted by molar-refractivity contribution is 5.98. The van der Waals surface area contributed by atoms with Crippen molar-refractivity contribution in [2.45, 2.75) is 155 Å². The zero-order valence-corrected chi connectivity index (χ0v) is 32.6. The second-order valence-corrected chi connectivity index (χ2v) is 14.1. The van der Waals surface area contributed by atoms with Crippen LogP contribution >= 0.6 is 0 Å². The lowest BCUT2D eigenvalue weighted by molar-refractivity contribution is -0.159. The fraction of sp³-hybridized carbons (Fsp3) is 0.600. The lowest BCUT2D eigenvalue weighted by atomic mass is 10.1. The minimum Gasteiger partial charge on any atom is -0.478 e. The highest BCUT2D eigenvalue weighted by Crippen LogP contribution is 2.18. The molecule has 0 amide bonds. The van der Waals surface area contributed by atoms with E-state index in [1.807, 2.05) is 0 Å². The van der Waals surface area contributed by atoms with Gasteiger partial charge in [-0.05, 0) is 54.8 Å². The Kier molecular flexibility index (Phi) is 25.2. The van der Waals surface area contributed by atoms with Crippen molar-refractivity contribution < 1.29 is 38.5 Å². The summed E-state index contributed by atoms with van der Waals surface area (Å²) in [6, 6.07) is 12.1. The maximum Gasteiger partial charge on any atom is 0.343 e. The molecule has 1 N–H and O–H groups in total. The largest absolute Gasteiger partial charge is 0.478 e. The number of carboxylic acids is 1. The van der Waals surface area contributed by atoms with Gasteiger partial charge in [0.2, 0.25) is 0 Å². The Bertz CT molecular complexity index is 1270. The molecule has 0 aromatic heterocycles. The van der Waals surface area contributed by atoms with Crippen LogP contribution in [0.2, 0.25) is 0 Å². The third kappa shape index (κ3) is 21.4. The number of esters is 3. The lowest BCUT2D eigenvalue weighted by Gasteiger charge is -2.13. The third-order valence-corrected chi connectivity index (χ3v) is 9.43. The number of ether oxygens (including phenoxy) is 3. The zero-order chi connectivity index (χ0) is 38.4. The van der Waals surface area contributed by atoms with Crippen molar-refractivity contribution in [1.29, 1.82) is 0 Å². The van der Waals surface area contributed by atoms with Crippen molar-refractivity contribution in [3.8, 4) is 5.75 Å². The molecular formula is C45H66O8. The van der Waals surface area contributed by atoms with Crippen molar-refractivity contribution in [2.75, 3.05) is 13.2 Å². The van der Waals surface area contributed by atoms with E-state index in [0.717, 1.165) is 38.5 Å². The Morgan fingerprint density at radius 1 is 0.528 bits per heavy atom. The molecule has 0 aliphatic carbocycles. The van der Waals surface area contributed by atoms with Crippen LogP contribution in [0.25, 0.3) is 6.08 Å². The van der Waals surface area contributed by atoms with Crippen LogP contribution in [0.5, 0.6) is 5.75 Å². The first kappa shape index (κ1) is 45.2. The molecule has 2 rings (SSSR count). The first-order valence-electron chi connectivity index (χ1n) is 20.5. The van der Waals surface area contributed by atoms with E-state index in [-0.39, 0.29) is 24.5 Å². The van der Waals surface area contributed by atoms with E-state index in [4.69, 9.17) is 19.3 Å². The summed E-state index contributed by atoms with van der Waals surface area (Å²) in [7, 11) is 0. The monoisotopic (exact) mass is 734 g/mol. The van der Waals surface area contributed by atoms with Crippen molar-refractivity contribution in [2.24, 2.45) is 5.92 Å². The van der Waals surface area contributed by atoms with Crippen LogP contribution in [-0.4, -0.2) is 42.2 Å². The Labute approximate surface area is 319 Å². The van der Waals surface area contributed by atoms with Gasteiger partial charge in [0.25, 0.3) is 0 Å². The topological polar surface area (TPSA) is 116 Å². The van der Waals surface area contributed by atoms with E-state index < -0.39 is 29.8 Å². The Hall–Kier alpha value is -3.94. The van der Waals surface area contributed by atoms with Crippen molar-refractivity contribution in [3.63, 3.8) is 0 Å². The molecule has 0 fully saturated rings. The number of hydrogen-bond donors (Lipinski definition) is 1. The summed E-state index contributed by atoms with van der Waals surface area (Å²) in [6.07, 6.45) is 29.4. The molecule has 0 saturated carbocycles. The van der Waals surface area contributed by atoms with Gasteiger partial charge in [-0.1, -0.05) is 167 Å². The number of unbranched alkanes of at least 4 members (excludes halogenated alkanes) is 20. The van der Waals surface area contributed by atoms with Crippen LogP contribution < -0.4 is 4.74 Å². The number of carbonyl (C=O) groups is 4. The predicted octanol–water partition coefficient (Wildman–Crippen LogP) is 11.9. The van der Waals surface area contributed by atoms with Gasteiger partial charge in [-0.3, -0.25) is 9.59 Å². The van der Waals surface area contributed by atoms with Crippen LogP contribution in [0, 0.1) is 5.92 Å². The molecule has 0 heterocycles. The van der Waals surface area contributed by atoms with Crippen LogP contribution in [0.3, 0.4) is 0 Å². The first-order valence-corrected chi connectivity index (χ1v) is 20.5. The normalized spacial score (nSPS) is 11.2. The number of carbonyl (C=O) groups excluding carboxylic acids is 3. The zero-order valence-electron chi connectivity index (χ0n) is 32.6. The second-order valence-electron chi connectivity index (χ2n) is 14.1. The molecular weight excluding hydrogens is 668 g/mol. The third-order valence-electron chi connectivity index (χ3n) is 9.43. The summed E-state index contributed by atoms with van der Waals surface area (Å²) in [5.41, 5.74) is 1.06. The van der Waals surface area contributed by atoms with Gasteiger partial charge in [0.05, 0.1) is 24.3 Å². The number of aromatic carboxylic acids is 1. The van der Waals surface area contributed by atoms with Gasteiger partial charge in [-0.25, -0.2) is 9.59 Å². The van der Waals surface area contributed by atoms with Gasteiger partial charge in [0.1, 0.15) is 5.75 Å². The summed E-state index contributed by atoms with van der Waals surface area (Å²) in [5, 5.41) is 9.06. The SMILES string of the molecule is CCCCCCCCCCCCCOC(=O)C(C=Cc1ccc(C(=O)Oc2ccc(C(=O)O)cc2)cc1)C(=O)OCCCCCCCCCCCCC. The highest BCUT2D eigenvalue weighted by Gasteiger charge is 2.27. The first-order chi connectivity index (χ1) is 25.8. The summed E-state index contributed by atoms with van der Waals surface area (Å²) in [4.78, 5) is 49.9. The minimum absolute atomic E-state index is 0.0928. The van der Waals surface area contributed by atoms with E-state index in [9.17, 15) is 19.2 Å². The van der Waals surface area contributed by atoms with Crippen LogP contribution in [-0.2, 0) is 19.1 Å². The molecule has 8 nitrogen and oxygen atoms in total. The van der Waals surface area contributed by atoms with E-state index in [2.05, 4.69) is 13.8 Å². The molecule has 0 saturated heterocycles. The van der Waals surface area contributed by atoms with E-state index in [1.165, 1.54) is 133 Å². The quantitative estimate of drug-likeness (QED) is 0.0352. The van der Waals surface area contributed by atoms with E-state index in [1.54, 1.807) is 30.3 Å². The van der Waals surface area contributed by atoms with Crippen molar-refractivity contribution in [1.82, 2.24) is 0 Å². The van der Waals surface area contributed by atoms with Gasteiger partial charge in [-0.15, -0.1) is 0 Å². The summed E-state index contributed by atoms with van der Waals surface area (Å²) < 4.78 is 16.5. The number of carboxylic acid groups (broad SMARTS) is 1. The number of rotatable bonds is 31. The minimum atomic E-state index is -1.19. The van der Waals surface area contributed by atoms with E-state index >= 15 is 0 Å². The molecule has 53 heavy (non-hydrogen) atoms. The van der Waals surface area contributed by atoms with Gasteiger partial charge in [0.15, 0.2) is 5.92 Å². The molecule has 0 spiro atoms. The summed E-state index contributed by atoms with van der Waals surface area (Å²) in [5.74, 6) is -3.86. The molecule has 0 bridgehead atoms. The van der Waals surface area contributed by atoms with Gasteiger partial charge < -0.3 is 19.3 Å². The summed E-state index contributed by atoms with van der Waals surface area (Å²) >= 11 is 0. The highest BCUT2D eigenvalue weighted by atomic mass is 16.6. The number of benzene rings is 2. The second kappa shape index (κ2) is 29.5. The van der Waals surface area contributed by atoms with Crippen molar-refractivity contribution in [3.05, 3.63) is 71.3 Å². The molecule has 0 aliphatic rings. The Morgan fingerprint density at radius 3 is 1.30 bits per heavy atom. The maximum atomic E-state index is 13.1. The molecule has 2 aromatic carbocycles. The maximum absolute atomic E-state index is 13.1. The molecule has 0 radical (unpaired) electrons. The molecule has 0 atom stereocenters. The van der Waals surface area contributed by atoms with Crippen LogP contribution in [0.4, 0.5) is 0 Å². The molecule has 294 valence electrons. The van der Waals surface area contributed by atoms with Crippen LogP contribution in [0.15, 0.2) is 54.6 Å². The fourth-order valence-electron chi connectivity index (χ4n) is 6.08. The molecule has 8 heteroatoms. The molecule has 0 unspecified atom stereocenters. The molecule has 0 aliphatic heterocycles. The van der Waals surface area contributed by atoms with Crippen LogP contribution in [0.1, 0.15) is 181 Å². The fourth-order valence-corrected chi connectivity index (χ4v) is 6.08. The van der Waals surface area contributed by atoms with Gasteiger partial charge in [-0.2, -0.15) is 0 Å². The Morgan fingerprint density at radius 2 is 0.906 bits per heavy atom. The van der Waals surface area contributed by atoms with Crippen molar-refractivity contribution >= 4 is 30.0 Å². The standard InChI is InChI=1S/C45H66O8/c1-3-5-7-9-11-13-15-17-19-21-23-35-51-44(49)41(45(50)52-36-24-22-20-18-16-14-12-10-8-6-4-2)34-27-37-25-28-39(29-26-37)43(48)53-40-32-30-38(31-33-40)42(46)47/h25-34,41H,3-24,35-36H2,1-2H3,(H,46,47).